The molecule has 0 radical (unpaired) electrons. The molecule has 1 aliphatic carbocycles. The van der Waals surface area contributed by atoms with Crippen molar-refractivity contribution in [2.75, 3.05) is 0 Å². The van der Waals surface area contributed by atoms with Crippen LogP contribution in [-0.2, 0) is 6.42 Å². The van der Waals surface area contributed by atoms with Crippen LogP contribution in [0.15, 0.2) is 6.33 Å². The van der Waals surface area contributed by atoms with Gasteiger partial charge >= 0.3 is 0 Å². The summed E-state index contributed by atoms with van der Waals surface area (Å²) in [5.74, 6) is 1.55. The molecule has 0 aromatic carbocycles. The van der Waals surface area contributed by atoms with Gasteiger partial charge in [-0.2, -0.15) is 5.10 Å². The maximum atomic E-state index is 9.76. The molecule has 0 aliphatic heterocycles. The van der Waals surface area contributed by atoms with Gasteiger partial charge in [-0.15, -0.1) is 0 Å². The molecule has 0 amide bonds. The molecule has 84 valence electrons. The molecular weight excluding hydrogens is 190 g/mol. The molecule has 1 aromatic rings. The zero-order valence-corrected chi connectivity index (χ0v) is 9.43. The fourth-order valence-corrected chi connectivity index (χ4v) is 1.88. The van der Waals surface area contributed by atoms with Crippen molar-refractivity contribution < 1.29 is 5.11 Å². The lowest BCUT2D eigenvalue weighted by molar-refractivity contribution is 0.140. The van der Waals surface area contributed by atoms with E-state index in [2.05, 4.69) is 23.9 Å². The number of aliphatic hydroxyl groups is 1. The number of rotatable bonds is 5. The molecule has 1 saturated carbocycles. The summed E-state index contributed by atoms with van der Waals surface area (Å²) in [6.07, 6.45) is 5.49. The molecular formula is C11H19N3O. The van der Waals surface area contributed by atoms with Crippen molar-refractivity contribution in [2.45, 2.75) is 51.7 Å². The van der Waals surface area contributed by atoms with Crippen molar-refractivity contribution >= 4 is 0 Å². The van der Waals surface area contributed by atoms with Crippen LogP contribution in [0.3, 0.4) is 0 Å². The SMILES string of the molecule is CC(C)n1ncnc1CCC(O)C1CC1. The minimum absolute atomic E-state index is 0.137. The third-order valence-corrected chi connectivity index (χ3v) is 2.97. The number of hydrogen-bond acceptors (Lipinski definition) is 3. The average molecular weight is 209 g/mol. The van der Waals surface area contributed by atoms with Crippen LogP contribution in [0.1, 0.15) is 45.0 Å². The minimum atomic E-state index is -0.137. The summed E-state index contributed by atoms with van der Waals surface area (Å²) in [6, 6.07) is 0.348. The van der Waals surface area contributed by atoms with Gasteiger partial charge in [0.25, 0.3) is 0 Å². The van der Waals surface area contributed by atoms with Crippen LogP contribution in [0.4, 0.5) is 0 Å². The fraction of sp³-hybridized carbons (Fsp3) is 0.818. The largest absolute Gasteiger partial charge is 0.393 e. The summed E-state index contributed by atoms with van der Waals surface area (Å²) in [4.78, 5) is 4.23. The first-order valence-electron chi connectivity index (χ1n) is 5.75. The first kappa shape index (κ1) is 10.6. The highest BCUT2D eigenvalue weighted by Gasteiger charge is 2.29. The van der Waals surface area contributed by atoms with E-state index < -0.39 is 0 Å². The number of aryl methyl sites for hydroxylation is 1. The van der Waals surface area contributed by atoms with E-state index >= 15 is 0 Å². The normalized spacial score (nSPS) is 18.4. The molecule has 0 spiro atoms. The third kappa shape index (κ3) is 2.56. The molecule has 2 rings (SSSR count). The molecule has 1 unspecified atom stereocenters. The van der Waals surface area contributed by atoms with Gasteiger partial charge in [-0.3, -0.25) is 0 Å². The fourth-order valence-electron chi connectivity index (χ4n) is 1.88. The van der Waals surface area contributed by atoms with E-state index in [0.29, 0.717) is 12.0 Å². The van der Waals surface area contributed by atoms with Crippen molar-refractivity contribution in [2.24, 2.45) is 5.92 Å². The molecule has 1 heterocycles. The van der Waals surface area contributed by atoms with Crippen LogP contribution >= 0.6 is 0 Å². The molecule has 1 atom stereocenters. The van der Waals surface area contributed by atoms with Crippen LogP contribution in [0, 0.1) is 5.92 Å². The Kier molecular flexibility index (Phi) is 3.05. The van der Waals surface area contributed by atoms with Gasteiger partial charge < -0.3 is 5.11 Å². The summed E-state index contributed by atoms with van der Waals surface area (Å²) in [5, 5.41) is 13.9. The van der Waals surface area contributed by atoms with Gasteiger partial charge in [0, 0.05) is 12.5 Å². The smallest absolute Gasteiger partial charge is 0.138 e. The predicted octanol–water partition coefficient (Wildman–Crippen LogP) is 1.56. The highest BCUT2D eigenvalue weighted by molar-refractivity contribution is 4.89. The second-order valence-electron chi connectivity index (χ2n) is 4.66. The Morgan fingerprint density at radius 2 is 2.27 bits per heavy atom. The van der Waals surface area contributed by atoms with Crippen LogP contribution in [0.2, 0.25) is 0 Å². The molecule has 4 heteroatoms. The maximum Gasteiger partial charge on any atom is 0.138 e. The first-order valence-corrected chi connectivity index (χ1v) is 5.75. The Labute approximate surface area is 90.3 Å². The summed E-state index contributed by atoms with van der Waals surface area (Å²) < 4.78 is 1.93. The Balaban J connectivity index is 1.89. The number of aromatic nitrogens is 3. The van der Waals surface area contributed by atoms with Gasteiger partial charge in [0.05, 0.1) is 6.10 Å². The number of nitrogens with zero attached hydrogens (tertiary/aromatic N) is 3. The van der Waals surface area contributed by atoms with Gasteiger partial charge in [-0.05, 0) is 39.0 Å². The summed E-state index contributed by atoms with van der Waals surface area (Å²) in [6.45, 7) is 4.19. The average Bonchev–Trinajstić information content (AvgIpc) is 2.93. The van der Waals surface area contributed by atoms with Crippen molar-refractivity contribution in [3.63, 3.8) is 0 Å². The zero-order valence-electron chi connectivity index (χ0n) is 9.43. The molecule has 1 N–H and O–H groups in total. The van der Waals surface area contributed by atoms with E-state index in [0.717, 1.165) is 18.7 Å². The van der Waals surface area contributed by atoms with Gasteiger partial charge in [0.15, 0.2) is 0 Å². The lowest BCUT2D eigenvalue weighted by atomic mass is 10.1. The molecule has 0 saturated heterocycles. The maximum absolute atomic E-state index is 9.76. The first-order chi connectivity index (χ1) is 7.18. The Hall–Kier alpha value is -0.900. The number of hydrogen-bond donors (Lipinski definition) is 1. The summed E-state index contributed by atoms with van der Waals surface area (Å²) in [7, 11) is 0. The monoisotopic (exact) mass is 209 g/mol. The zero-order chi connectivity index (χ0) is 10.8. The summed E-state index contributed by atoms with van der Waals surface area (Å²) >= 11 is 0. The predicted molar refractivity (Wildman–Crippen MR) is 57.5 cm³/mol. The lowest BCUT2D eigenvalue weighted by Crippen LogP contribution is -2.14. The molecule has 1 aromatic heterocycles. The van der Waals surface area contributed by atoms with Crippen LogP contribution in [0.25, 0.3) is 0 Å². The highest BCUT2D eigenvalue weighted by Crippen LogP contribution is 2.34. The van der Waals surface area contributed by atoms with Crippen LogP contribution < -0.4 is 0 Å². The molecule has 15 heavy (non-hydrogen) atoms. The van der Waals surface area contributed by atoms with E-state index in [1.54, 1.807) is 6.33 Å². The highest BCUT2D eigenvalue weighted by atomic mass is 16.3. The molecule has 1 aliphatic rings. The van der Waals surface area contributed by atoms with Gasteiger partial charge in [0.1, 0.15) is 12.2 Å². The lowest BCUT2D eigenvalue weighted by Gasteiger charge is -2.11. The molecule has 1 fully saturated rings. The molecule has 4 nitrogen and oxygen atoms in total. The Morgan fingerprint density at radius 3 is 2.87 bits per heavy atom. The van der Waals surface area contributed by atoms with Gasteiger partial charge in [-0.1, -0.05) is 0 Å². The third-order valence-electron chi connectivity index (χ3n) is 2.97. The van der Waals surface area contributed by atoms with Crippen LogP contribution in [-0.4, -0.2) is 26.0 Å². The van der Waals surface area contributed by atoms with Gasteiger partial charge in [0.2, 0.25) is 0 Å². The molecule has 0 bridgehead atoms. The van der Waals surface area contributed by atoms with E-state index in [1.807, 2.05) is 4.68 Å². The summed E-state index contributed by atoms with van der Waals surface area (Å²) in [5.41, 5.74) is 0. The van der Waals surface area contributed by atoms with E-state index in [9.17, 15) is 5.11 Å². The van der Waals surface area contributed by atoms with Crippen molar-refractivity contribution in [3.8, 4) is 0 Å². The van der Waals surface area contributed by atoms with Crippen molar-refractivity contribution in [3.05, 3.63) is 12.2 Å². The number of aliphatic hydroxyl groups excluding tert-OH is 1. The van der Waals surface area contributed by atoms with Crippen molar-refractivity contribution in [1.82, 2.24) is 14.8 Å². The van der Waals surface area contributed by atoms with E-state index in [4.69, 9.17) is 0 Å². The second-order valence-corrected chi connectivity index (χ2v) is 4.66. The standard InChI is InChI=1S/C11H19N3O/c1-8(2)14-11(12-7-13-14)6-5-10(15)9-3-4-9/h7-10,15H,3-6H2,1-2H3. The second kappa shape index (κ2) is 4.31. The van der Waals surface area contributed by atoms with Gasteiger partial charge in [-0.25, -0.2) is 9.67 Å². The van der Waals surface area contributed by atoms with Crippen LogP contribution in [0.5, 0.6) is 0 Å². The Morgan fingerprint density at radius 1 is 1.53 bits per heavy atom. The van der Waals surface area contributed by atoms with E-state index in [1.165, 1.54) is 12.8 Å². The van der Waals surface area contributed by atoms with Crippen molar-refractivity contribution in [1.29, 1.82) is 0 Å². The minimum Gasteiger partial charge on any atom is -0.393 e. The quantitative estimate of drug-likeness (QED) is 0.800. The van der Waals surface area contributed by atoms with E-state index in [-0.39, 0.29) is 6.10 Å². The topological polar surface area (TPSA) is 50.9 Å². The Bertz CT molecular complexity index is 317.